The number of aromatic nitrogens is 2. The molecule has 0 amide bonds. The Labute approximate surface area is 122 Å². The van der Waals surface area contributed by atoms with Crippen LogP contribution in [0.4, 0.5) is 0 Å². The number of nitrogens with one attached hydrogen (secondary N) is 1. The number of carboxylic acids is 1. The monoisotopic (exact) mass is 311 g/mol. The summed E-state index contributed by atoms with van der Waals surface area (Å²) in [6.45, 7) is 2.29. The van der Waals surface area contributed by atoms with E-state index in [0.717, 1.165) is 5.56 Å². The maximum absolute atomic E-state index is 12.2. The molecular weight excluding hydrogens is 294 g/mol. The highest BCUT2D eigenvalue weighted by Crippen LogP contribution is 2.15. The molecule has 21 heavy (non-hydrogen) atoms. The minimum Gasteiger partial charge on any atom is -0.477 e. The molecule has 0 spiro atoms. The summed E-state index contributed by atoms with van der Waals surface area (Å²) >= 11 is 0. The summed E-state index contributed by atoms with van der Waals surface area (Å²) in [6, 6.07) is 2.97. The first-order valence-corrected chi connectivity index (χ1v) is 7.86. The number of aromatic carboxylic acids is 1. The van der Waals surface area contributed by atoms with Gasteiger partial charge in [-0.3, -0.25) is 0 Å². The first-order chi connectivity index (χ1) is 9.83. The zero-order valence-corrected chi connectivity index (χ0v) is 12.6. The van der Waals surface area contributed by atoms with Gasteiger partial charge in [-0.2, -0.15) is 0 Å². The number of carboxylic acid groups (broad SMARTS) is 1. The summed E-state index contributed by atoms with van der Waals surface area (Å²) in [7, 11) is -1.89. The predicted molar refractivity (Wildman–Crippen MR) is 76.5 cm³/mol. The molecule has 0 aliphatic carbocycles. The van der Waals surface area contributed by atoms with Crippen LogP contribution in [-0.4, -0.2) is 28.6 Å². The van der Waals surface area contributed by atoms with Gasteiger partial charge in [0.05, 0.1) is 0 Å². The van der Waals surface area contributed by atoms with Crippen LogP contribution in [0.15, 0.2) is 35.6 Å². The number of carbonyl (C=O) groups is 1. The molecule has 0 fully saturated rings. The van der Waals surface area contributed by atoms with Crippen molar-refractivity contribution in [3.8, 4) is 0 Å². The third-order valence-corrected chi connectivity index (χ3v) is 4.47. The number of hydrogen-bond donors (Lipinski definition) is 2. The molecule has 7 nitrogen and oxygen atoms in total. The van der Waals surface area contributed by atoms with E-state index in [4.69, 9.17) is 5.11 Å². The summed E-state index contributed by atoms with van der Waals surface area (Å²) in [5, 5.41) is 9.05. The molecule has 0 aliphatic rings. The van der Waals surface area contributed by atoms with Crippen molar-refractivity contribution in [3.05, 3.63) is 42.0 Å². The molecular formula is C13H17N3O4S. The van der Waals surface area contributed by atoms with Gasteiger partial charge in [-0.1, -0.05) is 0 Å². The molecule has 0 aromatic carbocycles. The molecule has 0 bridgehead atoms. The number of aryl methyl sites for hydroxylation is 2. The summed E-state index contributed by atoms with van der Waals surface area (Å²) in [5.74, 6) is -1.15. The molecule has 0 saturated carbocycles. The lowest BCUT2D eigenvalue weighted by Crippen LogP contribution is -2.22. The van der Waals surface area contributed by atoms with Crippen molar-refractivity contribution in [3.63, 3.8) is 0 Å². The van der Waals surface area contributed by atoms with Gasteiger partial charge in [-0.25, -0.2) is 17.9 Å². The van der Waals surface area contributed by atoms with E-state index in [2.05, 4.69) is 4.72 Å². The second-order valence-corrected chi connectivity index (χ2v) is 6.43. The van der Waals surface area contributed by atoms with Crippen molar-refractivity contribution in [1.82, 2.24) is 13.9 Å². The van der Waals surface area contributed by atoms with E-state index in [1.165, 1.54) is 16.8 Å². The van der Waals surface area contributed by atoms with Crippen LogP contribution in [-0.2, 0) is 30.2 Å². The van der Waals surface area contributed by atoms with Gasteiger partial charge >= 0.3 is 5.97 Å². The van der Waals surface area contributed by atoms with Crippen LogP contribution in [0.1, 0.15) is 23.0 Å². The Hall–Kier alpha value is -2.06. The predicted octanol–water partition coefficient (Wildman–Crippen LogP) is 1.02. The number of rotatable bonds is 6. The highest BCUT2D eigenvalue weighted by molar-refractivity contribution is 7.89. The van der Waals surface area contributed by atoms with Gasteiger partial charge in [0, 0.05) is 38.7 Å². The molecule has 8 heteroatoms. The molecule has 0 unspecified atom stereocenters. The fourth-order valence-corrected chi connectivity index (χ4v) is 3.05. The molecule has 0 aliphatic heterocycles. The van der Waals surface area contributed by atoms with E-state index in [9.17, 15) is 13.2 Å². The molecule has 2 aromatic heterocycles. The minimum absolute atomic E-state index is 0.0438. The van der Waals surface area contributed by atoms with Crippen LogP contribution >= 0.6 is 0 Å². The lowest BCUT2D eigenvalue weighted by Gasteiger charge is -2.03. The fourth-order valence-electron chi connectivity index (χ4n) is 2.00. The van der Waals surface area contributed by atoms with E-state index in [-0.39, 0.29) is 17.1 Å². The van der Waals surface area contributed by atoms with E-state index in [1.54, 1.807) is 6.92 Å². The van der Waals surface area contributed by atoms with Crippen molar-refractivity contribution in [2.75, 3.05) is 0 Å². The lowest BCUT2D eigenvalue weighted by atomic mass is 10.4. The van der Waals surface area contributed by atoms with Gasteiger partial charge < -0.3 is 14.2 Å². The topological polar surface area (TPSA) is 93.3 Å². The van der Waals surface area contributed by atoms with E-state index < -0.39 is 16.0 Å². The SMILES string of the molecule is CCn1cc(S(=O)(=O)NCc2ccn(C)c2)cc1C(=O)O. The maximum atomic E-state index is 12.2. The Bertz CT molecular complexity index is 758. The molecule has 2 heterocycles. The van der Waals surface area contributed by atoms with Gasteiger partial charge in [0.1, 0.15) is 10.6 Å². The highest BCUT2D eigenvalue weighted by atomic mass is 32.2. The van der Waals surface area contributed by atoms with E-state index in [1.807, 2.05) is 30.1 Å². The smallest absolute Gasteiger partial charge is 0.352 e. The summed E-state index contributed by atoms with van der Waals surface area (Å²) in [6.07, 6.45) is 4.96. The Morgan fingerprint density at radius 1 is 1.38 bits per heavy atom. The quantitative estimate of drug-likeness (QED) is 0.833. The Morgan fingerprint density at radius 3 is 2.57 bits per heavy atom. The van der Waals surface area contributed by atoms with Crippen LogP contribution in [0.5, 0.6) is 0 Å². The van der Waals surface area contributed by atoms with Crippen molar-refractivity contribution in [1.29, 1.82) is 0 Å². The van der Waals surface area contributed by atoms with E-state index >= 15 is 0 Å². The zero-order chi connectivity index (χ0) is 15.6. The number of sulfonamides is 1. The summed E-state index contributed by atoms with van der Waals surface area (Å²) in [4.78, 5) is 11.0. The normalized spacial score (nSPS) is 11.7. The van der Waals surface area contributed by atoms with Crippen molar-refractivity contribution in [2.45, 2.75) is 24.9 Å². The molecule has 0 radical (unpaired) electrons. The van der Waals surface area contributed by atoms with Crippen molar-refractivity contribution in [2.24, 2.45) is 7.05 Å². The average molecular weight is 311 g/mol. The van der Waals surface area contributed by atoms with Crippen LogP contribution in [0.2, 0.25) is 0 Å². The van der Waals surface area contributed by atoms with Crippen LogP contribution in [0.25, 0.3) is 0 Å². The van der Waals surface area contributed by atoms with Crippen LogP contribution in [0.3, 0.4) is 0 Å². The summed E-state index contributed by atoms with van der Waals surface area (Å²) in [5.41, 5.74) is 0.784. The molecule has 0 saturated heterocycles. The van der Waals surface area contributed by atoms with Crippen molar-refractivity contribution >= 4 is 16.0 Å². The Kier molecular flexibility index (Phi) is 4.19. The van der Waals surface area contributed by atoms with Crippen LogP contribution < -0.4 is 4.72 Å². The first-order valence-electron chi connectivity index (χ1n) is 6.37. The Morgan fingerprint density at radius 2 is 2.10 bits per heavy atom. The van der Waals surface area contributed by atoms with Gasteiger partial charge in [0.15, 0.2) is 0 Å². The van der Waals surface area contributed by atoms with E-state index in [0.29, 0.717) is 6.54 Å². The third-order valence-electron chi connectivity index (χ3n) is 3.10. The second kappa shape index (κ2) is 5.74. The van der Waals surface area contributed by atoms with Gasteiger partial charge in [0.25, 0.3) is 0 Å². The average Bonchev–Trinajstić information content (AvgIpc) is 3.02. The second-order valence-electron chi connectivity index (χ2n) is 4.66. The lowest BCUT2D eigenvalue weighted by molar-refractivity contribution is 0.0685. The van der Waals surface area contributed by atoms with Crippen molar-refractivity contribution < 1.29 is 18.3 Å². The summed E-state index contributed by atoms with van der Waals surface area (Å²) < 4.78 is 30.1. The molecule has 2 rings (SSSR count). The first kappa shape index (κ1) is 15.3. The minimum atomic E-state index is -3.74. The molecule has 2 N–H and O–H groups in total. The highest BCUT2D eigenvalue weighted by Gasteiger charge is 2.20. The molecule has 114 valence electrons. The number of hydrogen-bond acceptors (Lipinski definition) is 3. The van der Waals surface area contributed by atoms with Crippen LogP contribution in [0, 0.1) is 0 Å². The molecule has 2 aromatic rings. The maximum Gasteiger partial charge on any atom is 0.352 e. The largest absolute Gasteiger partial charge is 0.477 e. The third kappa shape index (κ3) is 3.34. The van der Waals surface area contributed by atoms with Gasteiger partial charge in [0.2, 0.25) is 10.0 Å². The fraction of sp³-hybridized carbons (Fsp3) is 0.308. The number of nitrogens with zero attached hydrogens (tertiary/aromatic N) is 2. The molecule has 0 atom stereocenters. The standard InChI is InChI=1S/C13H17N3O4S/c1-3-16-9-11(6-12(16)13(17)18)21(19,20)14-7-10-4-5-15(2)8-10/h4-6,8-9,14H,3,7H2,1-2H3,(H,17,18). The zero-order valence-electron chi connectivity index (χ0n) is 11.8. The van der Waals surface area contributed by atoms with Gasteiger partial charge in [-0.05, 0) is 24.6 Å². The Balaban J connectivity index is 2.21. The van der Waals surface area contributed by atoms with Gasteiger partial charge in [-0.15, -0.1) is 0 Å².